The molecule has 0 bridgehead atoms. The van der Waals surface area contributed by atoms with E-state index in [9.17, 15) is 0 Å². The maximum atomic E-state index is 3.09. The highest BCUT2D eigenvalue weighted by Crippen LogP contribution is 2.04. The van der Waals surface area contributed by atoms with Gasteiger partial charge >= 0.3 is 0 Å². The highest BCUT2D eigenvalue weighted by atomic mass is 14.0. The van der Waals surface area contributed by atoms with Crippen LogP contribution in [0.4, 0.5) is 0 Å². The topological polar surface area (TPSA) is 0 Å². The second kappa shape index (κ2) is 7.23. The summed E-state index contributed by atoms with van der Waals surface area (Å²) in [5.74, 6) is 11.9. The molecule has 0 aliphatic carbocycles. The van der Waals surface area contributed by atoms with Crippen LogP contribution in [-0.4, -0.2) is 0 Å². The minimum absolute atomic E-state index is 0.510. The third kappa shape index (κ3) is 7.01. The second-order valence-electron chi connectivity index (χ2n) is 2.69. The summed E-state index contributed by atoms with van der Waals surface area (Å²) in [4.78, 5) is 0. The molecule has 0 aromatic heterocycles. The Bertz CT molecular complexity index is 192. The first-order valence-electron chi connectivity index (χ1n) is 4.23. The van der Waals surface area contributed by atoms with Gasteiger partial charge in [0.2, 0.25) is 0 Å². The van der Waals surface area contributed by atoms with E-state index in [2.05, 4.69) is 37.5 Å². The molecule has 0 nitrogen and oxygen atoms in total. The Kier molecular flexibility index (Phi) is 6.65. The summed E-state index contributed by atoms with van der Waals surface area (Å²) in [7, 11) is 0. The molecule has 0 aliphatic rings. The van der Waals surface area contributed by atoms with E-state index in [-0.39, 0.29) is 0 Å². The highest BCUT2D eigenvalue weighted by Gasteiger charge is 1.93. The molecule has 1 unspecified atom stereocenters. The third-order valence-corrected chi connectivity index (χ3v) is 1.50. The van der Waals surface area contributed by atoms with E-state index < -0.39 is 0 Å². The Morgan fingerprint density at radius 3 is 2.55 bits per heavy atom. The lowest BCUT2D eigenvalue weighted by Crippen LogP contribution is -1.88. The van der Waals surface area contributed by atoms with Gasteiger partial charge in [-0.05, 0) is 25.2 Å². The van der Waals surface area contributed by atoms with E-state index in [4.69, 9.17) is 0 Å². The van der Waals surface area contributed by atoms with Crippen molar-refractivity contribution in [1.82, 2.24) is 0 Å². The zero-order chi connectivity index (χ0) is 8.53. The number of hydrogen-bond donors (Lipinski definition) is 0. The molecule has 11 heavy (non-hydrogen) atoms. The molecular weight excluding hydrogens is 132 g/mol. The fraction of sp³-hybridized carbons (Fsp3) is 0.636. The summed E-state index contributed by atoms with van der Waals surface area (Å²) < 4.78 is 0. The van der Waals surface area contributed by atoms with Crippen LogP contribution in [0.2, 0.25) is 0 Å². The molecule has 0 aliphatic heterocycles. The van der Waals surface area contributed by atoms with Crippen LogP contribution in [0.25, 0.3) is 0 Å². The summed E-state index contributed by atoms with van der Waals surface area (Å²) in [6.07, 6.45) is 3.73. The van der Waals surface area contributed by atoms with E-state index in [0.29, 0.717) is 5.92 Å². The van der Waals surface area contributed by atoms with Crippen LogP contribution in [0.1, 0.15) is 40.0 Å². The van der Waals surface area contributed by atoms with Gasteiger partial charge in [0, 0.05) is 5.92 Å². The summed E-state index contributed by atoms with van der Waals surface area (Å²) in [6, 6.07) is 0. The summed E-state index contributed by atoms with van der Waals surface area (Å²) in [5, 5.41) is 0. The predicted octanol–water partition coefficient (Wildman–Crippen LogP) is 2.84. The van der Waals surface area contributed by atoms with Crippen molar-refractivity contribution in [1.29, 1.82) is 0 Å². The molecular formula is C11H16. The Labute approximate surface area is 70.4 Å². The molecule has 0 N–H and O–H groups in total. The summed E-state index contributed by atoms with van der Waals surface area (Å²) in [6.45, 7) is 6.16. The predicted molar refractivity (Wildman–Crippen MR) is 49.9 cm³/mol. The quantitative estimate of drug-likeness (QED) is 0.540. The first kappa shape index (κ1) is 10.1. The summed E-state index contributed by atoms with van der Waals surface area (Å²) in [5.41, 5.74) is 0. The molecule has 0 saturated heterocycles. The highest BCUT2D eigenvalue weighted by molar-refractivity contribution is 5.25. The van der Waals surface area contributed by atoms with Gasteiger partial charge in [-0.3, -0.25) is 0 Å². The van der Waals surface area contributed by atoms with Gasteiger partial charge in [0.1, 0.15) is 0 Å². The van der Waals surface area contributed by atoms with E-state index >= 15 is 0 Å². The molecule has 0 spiro atoms. The molecule has 0 aromatic rings. The molecule has 0 saturated carbocycles. The van der Waals surface area contributed by atoms with Crippen LogP contribution in [0.5, 0.6) is 0 Å². The van der Waals surface area contributed by atoms with Gasteiger partial charge in [0.05, 0.1) is 0 Å². The zero-order valence-electron chi connectivity index (χ0n) is 7.70. The molecule has 0 rings (SSSR count). The molecule has 0 aromatic carbocycles. The van der Waals surface area contributed by atoms with E-state index in [1.54, 1.807) is 0 Å². The normalized spacial score (nSPS) is 10.5. The Morgan fingerprint density at radius 1 is 1.27 bits per heavy atom. The molecule has 60 valence electrons. The van der Waals surface area contributed by atoms with Crippen molar-refractivity contribution >= 4 is 0 Å². The summed E-state index contributed by atoms with van der Waals surface area (Å²) >= 11 is 0. The molecule has 0 heteroatoms. The minimum atomic E-state index is 0.510. The number of rotatable bonds is 3. The van der Waals surface area contributed by atoms with Crippen molar-refractivity contribution in [2.75, 3.05) is 0 Å². The average Bonchev–Trinajstić information content (AvgIpc) is 2.01. The van der Waals surface area contributed by atoms with Crippen LogP contribution in [-0.2, 0) is 0 Å². The van der Waals surface area contributed by atoms with Crippen LogP contribution in [0.3, 0.4) is 0 Å². The maximum absolute atomic E-state index is 3.09. The van der Waals surface area contributed by atoms with Crippen molar-refractivity contribution in [2.45, 2.75) is 40.0 Å². The van der Waals surface area contributed by atoms with Crippen molar-refractivity contribution in [3.8, 4) is 23.7 Å². The lowest BCUT2D eigenvalue weighted by molar-refractivity contribution is 0.613. The maximum Gasteiger partial charge on any atom is 0.0184 e. The van der Waals surface area contributed by atoms with E-state index in [1.165, 1.54) is 19.3 Å². The Balaban J connectivity index is 3.58. The van der Waals surface area contributed by atoms with Gasteiger partial charge in [0.25, 0.3) is 0 Å². The van der Waals surface area contributed by atoms with Crippen LogP contribution in [0, 0.1) is 29.6 Å². The van der Waals surface area contributed by atoms with Gasteiger partial charge < -0.3 is 0 Å². The van der Waals surface area contributed by atoms with E-state index in [1.807, 2.05) is 6.92 Å². The van der Waals surface area contributed by atoms with Crippen molar-refractivity contribution < 1.29 is 0 Å². The van der Waals surface area contributed by atoms with Gasteiger partial charge in [0.15, 0.2) is 0 Å². The largest absolute Gasteiger partial charge is 0.0925 e. The van der Waals surface area contributed by atoms with E-state index in [0.717, 1.165) is 0 Å². The molecule has 0 amide bonds. The molecule has 0 radical (unpaired) electrons. The van der Waals surface area contributed by atoms with Crippen molar-refractivity contribution in [2.24, 2.45) is 5.92 Å². The standard InChI is InChI=1S/C11H16/c1-4-6-8-10-11(3)9-7-5-2/h11H,5,7,9H2,1-3H3. The fourth-order valence-corrected chi connectivity index (χ4v) is 0.804. The van der Waals surface area contributed by atoms with Crippen LogP contribution >= 0.6 is 0 Å². The lowest BCUT2D eigenvalue weighted by Gasteiger charge is -1.98. The Hall–Kier alpha value is -0.880. The van der Waals surface area contributed by atoms with Gasteiger partial charge in [-0.25, -0.2) is 0 Å². The first-order chi connectivity index (χ1) is 5.31. The van der Waals surface area contributed by atoms with Crippen molar-refractivity contribution in [3.63, 3.8) is 0 Å². The van der Waals surface area contributed by atoms with Gasteiger partial charge in [-0.15, -0.1) is 0 Å². The first-order valence-corrected chi connectivity index (χ1v) is 4.23. The van der Waals surface area contributed by atoms with Crippen molar-refractivity contribution in [3.05, 3.63) is 0 Å². The average molecular weight is 148 g/mol. The number of hydrogen-bond acceptors (Lipinski definition) is 0. The zero-order valence-corrected chi connectivity index (χ0v) is 7.70. The molecule has 0 heterocycles. The SMILES string of the molecule is CC#CC#CC(C)CCCC. The van der Waals surface area contributed by atoms with Crippen LogP contribution < -0.4 is 0 Å². The lowest BCUT2D eigenvalue weighted by atomic mass is 10.1. The molecule has 1 atom stereocenters. The molecule has 0 fully saturated rings. The smallest absolute Gasteiger partial charge is 0.0184 e. The number of unbranched alkanes of at least 4 members (excludes halogenated alkanes) is 1. The van der Waals surface area contributed by atoms with Gasteiger partial charge in [-0.2, -0.15) is 0 Å². The fourth-order valence-electron chi connectivity index (χ4n) is 0.804. The van der Waals surface area contributed by atoms with Gasteiger partial charge in [-0.1, -0.05) is 38.5 Å². The monoisotopic (exact) mass is 148 g/mol. The Morgan fingerprint density at radius 2 is 2.00 bits per heavy atom. The van der Waals surface area contributed by atoms with Crippen LogP contribution in [0.15, 0.2) is 0 Å². The second-order valence-corrected chi connectivity index (χ2v) is 2.69. The third-order valence-electron chi connectivity index (χ3n) is 1.50. The minimum Gasteiger partial charge on any atom is -0.0925 e.